The minimum atomic E-state index is -3.58. The van der Waals surface area contributed by atoms with Crippen LogP contribution in [0.4, 0.5) is 0 Å². The molecule has 1 heterocycles. The summed E-state index contributed by atoms with van der Waals surface area (Å²) in [4.78, 5) is 12.8. The Kier molecular flexibility index (Phi) is 4.93. The number of hydrogen-bond acceptors (Lipinski definition) is 5. The molecule has 0 bridgehead atoms. The zero-order valence-electron chi connectivity index (χ0n) is 11.4. The summed E-state index contributed by atoms with van der Waals surface area (Å²) in [5.74, 6) is -1.02. The molecule has 21 heavy (non-hydrogen) atoms. The molecule has 0 radical (unpaired) electrons. The van der Waals surface area contributed by atoms with Gasteiger partial charge in [-0.1, -0.05) is 24.3 Å². The van der Waals surface area contributed by atoms with Crippen molar-refractivity contribution in [3.8, 4) is 0 Å². The second-order valence-electron chi connectivity index (χ2n) is 4.25. The standard InChI is InChI=1S/C15H14O4S2/c1-19-15(16)12(10-13-6-5-9-20-13)11-21(17,18)14-7-3-2-4-8-14/h2-10H,11H2,1H3/b12-10+. The van der Waals surface area contributed by atoms with E-state index in [-0.39, 0.29) is 16.2 Å². The molecule has 0 amide bonds. The van der Waals surface area contributed by atoms with Gasteiger partial charge in [-0.15, -0.1) is 11.3 Å². The maximum absolute atomic E-state index is 12.3. The van der Waals surface area contributed by atoms with Gasteiger partial charge in [-0.05, 0) is 29.7 Å². The van der Waals surface area contributed by atoms with Gasteiger partial charge in [0.2, 0.25) is 0 Å². The third kappa shape index (κ3) is 4.03. The summed E-state index contributed by atoms with van der Waals surface area (Å²) in [6.45, 7) is 0. The lowest BCUT2D eigenvalue weighted by molar-refractivity contribution is -0.135. The van der Waals surface area contributed by atoms with Crippen molar-refractivity contribution >= 4 is 33.2 Å². The molecule has 0 aliphatic heterocycles. The number of benzene rings is 1. The highest BCUT2D eigenvalue weighted by atomic mass is 32.2. The summed E-state index contributed by atoms with van der Waals surface area (Å²) >= 11 is 1.42. The Morgan fingerprint density at radius 2 is 1.90 bits per heavy atom. The van der Waals surface area contributed by atoms with E-state index < -0.39 is 15.8 Å². The van der Waals surface area contributed by atoms with Crippen molar-refractivity contribution in [3.05, 3.63) is 58.3 Å². The molecule has 2 aromatic rings. The SMILES string of the molecule is COC(=O)/C(=C/c1cccs1)CS(=O)(=O)c1ccccc1. The Bertz CT molecular complexity index is 729. The number of ether oxygens (including phenoxy) is 1. The molecule has 0 N–H and O–H groups in total. The van der Waals surface area contributed by atoms with E-state index in [1.165, 1.54) is 30.6 Å². The smallest absolute Gasteiger partial charge is 0.334 e. The van der Waals surface area contributed by atoms with Gasteiger partial charge in [0.25, 0.3) is 0 Å². The van der Waals surface area contributed by atoms with Gasteiger partial charge in [0.05, 0.1) is 23.3 Å². The van der Waals surface area contributed by atoms with Crippen LogP contribution in [0.1, 0.15) is 4.88 Å². The first-order chi connectivity index (χ1) is 10.0. The van der Waals surface area contributed by atoms with Crippen molar-refractivity contribution in [2.75, 3.05) is 12.9 Å². The minimum absolute atomic E-state index is 0.115. The summed E-state index contributed by atoms with van der Waals surface area (Å²) in [6, 6.07) is 11.7. The second-order valence-corrected chi connectivity index (χ2v) is 7.22. The summed E-state index contributed by atoms with van der Waals surface area (Å²) in [5, 5.41) is 1.85. The molecule has 6 heteroatoms. The largest absolute Gasteiger partial charge is 0.466 e. The van der Waals surface area contributed by atoms with Crippen molar-refractivity contribution in [1.82, 2.24) is 0 Å². The predicted molar refractivity (Wildman–Crippen MR) is 82.8 cm³/mol. The van der Waals surface area contributed by atoms with Crippen LogP contribution in [0.2, 0.25) is 0 Å². The number of carbonyl (C=O) groups excluding carboxylic acids is 1. The Labute approximate surface area is 127 Å². The van der Waals surface area contributed by atoms with E-state index in [0.717, 1.165) is 4.88 Å². The van der Waals surface area contributed by atoms with E-state index in [9.17, 15) is 13.2 Å². The highest BCUT2D eigenvalue weighted by Gasteiger charge is 2.21. The summed E-state index contributed by atoms with van der Waals surface area (Å²) in [6.07, 6.45) is 1.55. The minimum Gasteiger partial charge on any atom is -0.466 e. The third-order valence-corrected chi connectivity index (χ3v) is 5.26. The van der Waals surface area contributed by atoms with Crippen LogP contribution in [-0.2, 0) is 19.4 Å². The van der Waals surface area contributed by atoms with Crippen LogP contribution in [0.15, 0.2) is 58.3 Å². The monoisotopic (exact) mass is 322 g/mol. The molecule has 0 fully saturated rings. The van der Waals surface area contributed by atoms with Gasteiger partial charge in [0, 0.05) is 4.88 Å². The lowest BCUT2D eigenvalue weighted by Crippen LogP contribution is -2.16. The first-order valence-corrected chi connectivity index (χ1v) is 8.66. The Balaban J connectivity index is 2.34. The highest BCUT2D eigenvalue weighted by molar-refractivity contribution is 7.91. The first-order valence-electron chi connectivity index (χ1n) is 6.13. The average molecular weight is 322 g/mol. The molecule has 1 aromatic heterocycles. The molecule has 0 saturated heterocycles. The lowest BCUT2D eigenvalue weighted by Gasteiger charge is -2.07. The fourth-order valence-electron chi connectivity index (χ4n) is 1.75. The molecule has 2 rings (SSSR count). The topological polar surface area (TPSA) is 60.4 Å². The number of hydrogen-bond donors (Lipinski definition) is 0. The van der Waals surface area contributed by atoms with E-state index in [2.05, 4.69) is 4.74 Å². The molecular formula is C15H14O4S2. The van der Waals surface area contributed by atoms with Crippen LogP contribution in [0.25, 0.3) is 6.08 Å². The Morgan fingerprint density at radius 1 is 1.19 bits per heavy atom. The normalized spacial score (nSPS) is 12.1. The van der Waals surface area contributed by atoms with Crippen LogP contribution >= 0.6 is 11.3 Å². The Morgan fingerprint density at radius 3 is 2.48 bits per heavy atom. The van der Waals surface area contributed by atoms with Gasteiger partial charge >= 0.3 is 5.97 Å². The van der Waals surface area contributed by atoms with E-state index in [1.807, 2.05) is 17.5 Å². The molecule has 0 aliphatic rings. The predicted octanol–water partition coefficient (Wildman–Crippen LogP) is 2.78. The average Bonchev–Trinajstić information content (AvgIpc) is 2.99. The molecule has 0 atom stereocenters. The number of esters is 1. The molecule has 4 nitrogen and oxygen atoms in total. The van der Waals surface area contributed by atoms with Crippen molar-refractivity contribution in [2.24, 2.45) is 0 Å². The van der Waals surface area contributed by atoms with Crippen LogP contribution in [0, 0.1) is 0 Å². The summed E-state index contributed by atoms with van der Waals surface area (Å²) in [5.41, 5.74) is 0.115. The number of methoxy groups -OCH3 is 1. The highest BCUT2D eigenvalue weighted by Crippen LogP contribution is 2.19. The molecule has 1 aromatic carbocycles. The number of thiophene rings is 1. The fourth-order valence-corrected chi connectivity index (χ4v) is 3.78. The number of sulfone groups is 1. The van der Waals surface area contributed by atoms with Crippen molar-refractivity contribution in [2.45, 2.75) is 4.90 Å². The van der Waals surface area contributed by atoms with Gasteiger partial charge in [-0.3, -0.25) is 0 Å². The maximum atomic E-state index is 12.3. The molecule has 0 aliphatic carbocycles. The quantitative estimate of drug-likeness (QED) is 0.627. The fraction of sp³-hybridized carbons (Fsp3) is 0.133. The van der Waals surface area contributed by atoms with Crippen LogP contribution in [-0.4, -0.2) is 27.2 Å². The van der Waals surface area contributed by atoms with Gasteiger partial charge in [-0.25, -0.2) is 13.2 Å². The molecule has 0 spiro atoms. The Hall–Kier alpha value is -1.92. The van der Waals surface area contributed by atoms with Gasteiger partial charge in [-0.2, -0.15) is 0 Å². The molecule has 0 unspecified atom stereocenters. The zero-order valence-corrected chi connectivity index (χ0v) is 13.0. The van der Waals surface area contributed by atoms with Crippen LogP contribution in [0.5, 0.6) is 0 Å². The van der Waals surface area contributed by atoms with Gasteiger partial charge in [0.1, 0.15) is 0 Å². The van der Waals surface area contributed by atoms with Crippen molar-refractivity contribution in [1.29, 1.82) is 0 Å². The van der Waals surface area contributed by atoms with Gasteiger partial charge in [0.15, 0.2) is 9.84 Å². The number of carbonyl (C=O) groups is 1. The lowest BCUT2D eigenvalue weighted by atomic mass is 10.2. The van der Waals surface area contributed by atoms with E-state index in [4.69, 9.17) is 0 Å². The number of rotatable bonds is 5. The molecule has 110 valence electrons. The summed E-state index contributed by atoms with van der Waals surface area (Å²) in [7, 11) is -2.35. The zero-order chi connectivity index (χ0) is 15.3. The van der Waals surface area contributed by atoms with Crippen LogP contribution in [0.3, 0.4) is 0 Å². The van der Waals surface area contributed by atoms with Crippen molar-refractivity contribution in [3.63, 3.8) is 0 Å². The van der Waals surface area contributed by atoms with Gasteiger partial charge < -0.3 is 4.74 Å². The molecule has 0 saturated carbocycles. The van der Waals surface area contributed by atoms with E-state index in [1.54, 1.807) is 24.3 Å². The van der Waals surface area contributed by atoms with Crippen molar-refractivity contribution < 1.29 is 17.9 Å². The third-order valence-electron chi connectivity index (χ3n) is 2.76. The second kappa shape index (κ2) is 6.69. The summed E-state index contributed by atoms with van der Waals surface area (Å²) < 4.78 is 29.4. The maximum Gasteiger partial charge on any atom is 0.334 e. The van der Waals surface area contributed by atoms with E-state index in [0.29, 0.717) is 0 Å². The van der Waals surface area contributed by atoms with E-state index >= 15 is 0 Å². The first kappa shape index (κ1) is 15.5. The van der Waals surface area contributed by atoms with Crippen LogP contribution < -0.4 is 0 Å². The molecular weight excluding hydrogens is 308 g/mol.